The number of rotatable bonds is 6. The number of hydrogen-bond acceptors (Lipinski definition) is 4. The van der Waals surface area contributed by atoms with E-state index in [0.717, 1.165) is 24.4 Å². The normalized spacial score (nSPS) is 10.3. The lowest BCUT2D eigenvalue weighted by Crippen LogP contribution is -2.22. The van der Waals surface area contributed by atoms with E-state index in [2.05, 4.69) is 4.98 Å². The monoisotopic (exact) mass is 291 g/mol. The molecule has 1 aromatic heterocycles. The van der Waals surface area contributed by atoms with Crippen LogP contribution in [-0.4, -0.2) is 25.2 Å². The Bertz CT molecular complexity index is 562. The van der Waals surface area contributed by atoms with E-state index in [-0.39, 0.29) is 0 Å². The highest BCUT2D eigenvalue weighted by Gasteiger charge is 2.16. The Labute approximate surface area is 124 Å². The number of halogens is 1. The zero-order valence-electron chi connectivity index (χ0n) is 11.4. The summed E-state index contributed by atoms with van der Waals surface area (Å²) in [4.78, 5) is 6.42. The van der Waals surface area contributed by atoms with E-state index in [1.54, 1.807) is 13.3 Å². The van der Waals surface area contributed by atoms with E-state index in [1.807, 2.05) is 41.3 Å². The largest absolute Gasteiger partial charge is 0.495 e. The summed E-state index contributed by atoms with van der Waals surface area (Å²) in [5, 5.41) is 0.607. The Morgan fingerprint density at radius 1 is 1.25 bits per heavy atom. The van der Waals surface area contributed by atoms with Crippen LogP contribution in [0.3, 0.4) is 0 Å². The summed E-state index contributed by atoms with van der Waals surface area (Å²) in [5.74, 6) is 1.50. The van der Waals surface area contributed by atoms with Gasteiger partial charge >= 0.3 is 0 Å². The van der Waals surface area contributed by atoms with Gasteiger partial charge in [-0.15, -0.1) is 0 Å². The van der Waals surface area contributed by atoms with Crippen LogP contribution in [0.15, 0.2) is 42.6 Å². The third-order valence-corrected chi connectivity index (χ3v) is 3.25. The molecule has 0 atom stereocenters. The third kappa shape index (κ3) is 3.21. The fourth-order valence-corrected chi connectivity index (χ4v) is 2.24. The second-order valence-corrected chi connectivity index (χ2v) is 4.68. The van der Waals surface area contributed by atoms with Crippen molar-refractivity contribution in [2.75, 3.05) is 25.1 Å². The number of para-hydroxylation sites is 2. The molecular formula is C15H18ClN3O. The molecule has 2 N–H and O–H groups in total. The van der Waals surface area contributed by atoms with Gasteiger partial charge in [0.15, 0.2) is 5.82 Å². The summed E-state index contributed by atoms with van der Waals surface area (Å²) in [5.41, 5.74) is 6.56. The van der Waals surface area contributed by atoms with E-state index >= 15 is 0 Å². The predicted octanol–water partition coefficient (Wildman–Crippen LogP) is 3.23. The van der Waals surface area contributed by atoms with Crippen LogP contribution >= 0.6 is 11.6 Å². The SMILES string of the molecule is COc1ccccc1N(CCCN)c1ncccc1Cl. The Morgan fingerprint density at radius 2 is 2.05 bits per heavy atom. The first kappa shape index (κ1) is 14.6. The number of aromatic nitrogens is 1. The van der Waals surface area contributed by atoms with E-state index in [9.17, 15) is 0 Å². The van der Waals surface area contributed by atoms with Gasteiger partial charge in [0.2, 0.25) is 0 Å². The lowest BCUT2D eigenvalue weighted by molar-refractivity contribution is 0.415. The number of methoxy groups -OCH3 is 1. The van der Waals surface area contributed by atoms with Gasteiger partial charge in [-0.2, -0.15) is 0 Å². The maximum atomic E-state index is 6.27. The average Bonchev–Trinajstić information content (AvgIpc) is 2.49. The molecule has 5 heteroatoms. The van der Waals surface area contributed by atoms with E-state index in [4.69, 9.17) is 22.1 Å². The van der Waals surface area contributed by atoms with Crippen molar-refractivity contribution in [2.24, 2.45) is 5.73 Å². The predicted molar refractivity (Wildman–Crippen MR) is 82.9 cm³/mol. The van der Waals surface area contributed by atoms with Crippen LogP contribution < -0.4 is 15.4 Å². The standard InChI is InChI=1S/C15H18ClN3O/c1-20-14-8-3-2-7-13(14)19(11-5-9-17)15-12(16)6-4-10-18-15/h2-4,6-8,10H,5,9,11,17H2,1H3. The fourth-order valence-electron chi connectivity index (χ4n) is 2.02. The van der Waals surface area contributed by atoms with Crippen molar-refractivity contribution >= 4 is 23.1 Å². The minimum absolute atomic E-state index is 0.607. The van der Waals surface area contributed by atoms with Gasteiger partial charge in [-0.1, -0.05) is 23.7 Å². The molecule has 0 aliphatic heterocycles. The summed E-state index contributed by atoms with van der Waals surface area (Å²) in [6.07, 6.45) is 2.57. The Hall–Kier alpha value is -1.78. The molecule has 106 valence electrons. The van der Waals surface area contributed by atoms with Gasteiger partial charge in [-0.25, -0.2) is 4.98 Å². The maximum Gasteiger partial charge on any atom is 0.151 e. The molecule has 1 heterocycles. The maximum absolute atomic E-state index is 6.27. The van der Waals surface area contributed by atoms with Crippen LogP contribution in [0.1, 0.15) is 6.42 Å². The van der Waals surface area contributed by atoms with E-state index in [0.29, 0.717) is 17.4 Å². The molecule has 0 fully saturated rings. The van der Waals surface area contributed by atoms with Crippen molar-refractivity contribution in [1.29, 1.82) is 0 Å². The van der Waals surface area contributed by atoms with Gasteiger partial charge in [0.05, 0.1) is 17.8 Å². The molecule has 0 aliphatic carbocycles. The molecular weight excluding hydrogens is 274 g/mol. The zero-order chi connectivity index (χ0) is 14.4. The first-order valence-corrected chi connectivity index (χ1v) is 6.87. The number of hydrogen-bond donors (Lipinski definition) is 1. The van der Waals surface area contributed by atoms with Gasteiger partial charge in [0.1, 0.15) is 5.75 Å². The molecule has 2 rings (SSSR count). The van der Waals surface area contributed by atoms with Gasteiger partial charge in [-0.3, -0.25) is 0 Å². The van der Waals surface area contributed by atoms with Crippen molar-refractivity contribution < 1.29 is 4.74 Å². The molecule has 0 radical (unpaired) electrons. The molecule has 1 aromatic carbocycles. The van der Waals surface area contributed by atoms with Crippen molar-refractivity contribution in [2.45, 2.75) is 6.42 Å². The number of anilines is 2. The number of pyridine rings is 1. The highest BCUT2D eigenvalue weighted by molar-refractivity contribution is 6.33. The first-order valence-electron chi connectivity index (χ1n) is 6.49. The van der Waals surface area contributed by atoms with Crippen molar-refractivity contribution in [3.05, 3.63) is 47.6 Å². The fraction of sp³-hybridized carbons (Fsp3) is 0.267. The highest BCUT2D eigenvalue weighted by Crippen LogP contribution is 2.35. The summed E-state index contributed by atoms with van der Waals surface area (Å²) >= 11 is 6.27. The summed E-state index contributed by atoms with van der Waals surface area (Å²) in [7, 11) is 1.65. The quantitative estimate of drug-likeness (QED) is 0.888. The van der Waals surface area contributed by atoms with Crippen molar-refractivity contribution in [1.82, 2.24) is 4.98 Å². The lowest BCUT2D eigenvalue weighted by atomic mass is 10.2. The van der Waals surface area contributed by atoms with Crippen LogP contribution in [0, 0.1) is 0 Å². The third-order valence-electron chi connectivity index (χ3n) is 2.96. The molecule has 2 aromatic rings. The average molecular weight is 292 g/mol. The Morgan fingerprint density at radius 3 is 2.75 bits per heavy atom. The van der Waals surface area contributed by atoms with Crippen LogP contribution in [0.25, 0.3) is 0 Å². The molecule has 0 saturated carbocycles. The van der Waals surface area contributed by atoms with Crippen molar-refractivity contribution in [3.8, 4) is 5.75 Å². The molecule has 0 saturated heterocycles. The second-order valence-electron chi connectivity index (χ2n) is 4.27. The molecule has 0 aliphatic rings. The number of ether oxygens (including phenoxy) is 1. The minimum atomic E-state index is 0.607. The zero-order valence-corrected chi connectivity index (χ0v) is 12.2. The van der Waals surface area contributed by atoms with E-state index < -0.39 is 0 Å². The minimum Gasteiger partial charge on any atom is -0.495 e. The second kappa shape index (κ2) is 7.12. The van der Waals surface area contributed by atoms with Gasteiger partial charge in [0.25, 0.3) is 0 Å². The summed E-state index contributed by atoms with van der Waals surface area (Å²) < 4.78 is 5.42. The highest BCUT2D eigenvalue weighted by atomic mass is 35.5. The first-order chi connectivity index (χ1) is 9.77. The molecule has 0 bridgehead atoms. The van der Waals surface area contributed by atoms with Gasteiger partial charge < -0.3 is 15.4 Å². The lowest BCUT2D eigenvalue weighted by Gasteiger charge is -2.26. The smallest absolute Gasteiger partial charge is 0.151 e. The number of benzene rings is 1. The van der Waals surface area contributed by atoms with Gasteiger partial charge in [0, 0.05) is 12.7 Å². The van der Waals surface area contributed by atoms with E-state index in [1.165, 1.54) is 0 Å². The van der Waals surface area contributed by atoms with Crippen molar-refractivity contribution in [3.63, 3.8) is 0 Å². The van der Waals surface area contributed by atoms with Crippen LogP contribution in [0.5, 0.6) is 5.75 Å². The molecule has 0 unspecified atom stereocenters. The number of nitrogens with two attached hydrogens (primary N) is 1. The summed E-state index contributed by atoms with van der Waals surface area (Å²) in [6.45, 7) is 1.34. The molecule has 0 spiro atoms. The van der Waals surface area contributed by atoms with Gasteiger partial charge in [-0.05, 0) is 37.2 Å². The topological polar surface area (TPSA) is 51.4 Å². The van der Waals surface area contributed by atoms with Crippen LogP contribution in [0.4, 0.5) is 11.5 Å². The summed E-state index contributed by atoms with van der Waals surface area (Å²) in [6, 6.07) is 11.4. The number of nitrogens with zero attached hydrogens (tertiary/aromatic N) is 2. The molecule has 0 amide bonds. The Balaban J connectivity index is 2.44. The van der Waals surface area contributed by atoms with Crippen LogP contribution in [0.2, 0.25) is 5.02 Å². The van der Waals surface area contributed by atoms with Crippen LogP contribution in [-0.2, 0) is 0 Å². The Kier molecular flexibility index (Phi) is 5.21. The molecule has 20 heavy (non-hydrogen) atoms. The molecule has 4 nitrogen and oxygen atoms in total.